The van der Waals surface area contributed by atoms with Crippen molar-refractivity contribution in [1.29, 1.82) is 0 Å². The first-order valence-electron chi connectivity index (χ1n) is 4.45. The van der Waals surface area contributed by atoms with Crippen LogP contribution in [0.2, 0.25) is 0 Å². The molecular weight excluding hydrogens is 182 g/mol. The molecule has 1 aromatic rings. The van der Waals surface area contributed by atoms with E-state index in [0.717, 1.165) is 5.56 Å². The third kappa shape index (κ3) is 2.16. The maximum atomic E-state index is 9.55. The number of hydrogen-bond acceptors (Lipinski definition) is 4. The molecule has 0 bridgehead atoms. The summed E-state index contributed by atoms with van der Waals surface area (Å²) in [5, 5.41) is 27.8. The molecule has 78 valence electrons. The normalized spacial score (nSPS) is 12.8. The van der Waals surface area contributed by atoms with Crippen LogP contribution in [0, 0.1) is 6.92 Å². The summed E-state index contributed by atoms with van der Waals surface area (Å²) in [7, 11) is 0. The summed E-state index contributed by atoms with van der Waals surface area (Å²) < 4.78 is 0. The van der Waals surface area contributed by atoms with Crippen LogP contribution >= 0.6 is 0 Å². The van der Waals surface area contributed by atoms with Gasteiger partial charge in [0.1, 0.15) is 11.5 Å². The Morgan fingerprint density at radius 2 is 1.79 bits per heavy atom. The molecule has 0 saturated carbocycles. The highest BCUT2D eigenvalue weighted by Gasteiger charge is 2.15. The molecule has 0 aromatic heterocycles. The predicted molar refractivity (Wildman–Crippen MR) is 53.1 cm³/mol. The number of aliphatic hydroxyl groups excluding tert-OH is 1. The molecule has 0 aliphatic carbocycles. The fourth-order valence-electron chi connectivity index (χ4n) is 1.42. The number of phenolic OH excluding ortho intramolecular Hbond substituents is 2. The van der Waals surface area contributed by atoms with Crippen LogP contribution in [0.15, 0.2) is 12.1 Å². The van der Waals surface area contributed by atoms with Crippen LogP contribution in [0.4, 0.5) is 0 Å². The van der Waals surface area contributed by atoms with Gasteiger partial charge in [0.25, 0.3) is 0 Å². The SMILES string of the molecule is Cc1cc(O)c(C(N)CCO)c(O)c1. The van der Waals surface area contributed by atoms with E-state index < -0.39 is 6.04 Å². The zero-order chi connectivity index (χ0) is 10.7. The number of hydrogen-bond donors (Lipinski definition) is 4. The predicted octanol–water partition coefficient (Wildman–Crippen LogP) is 0.788. The second kappa shape index (κ2) is 4.30. The van der Waals surface area contributed by atoms with E-state index in [4.69, 9.17) is 10.8 Å². The minimum Gasteiger partial charge on any atom is -0.507 e. The summed E-state index contributed by atoms with van der Waals surface area (Å²) in [5.74, 6) is -0.0492. The summed E-state index contributed by atoms with van der Waals surface area (Å²) >= 11 is 0. The van der Waals surface area contributed by atoms with Gasteiger partial charge in [-0.3, -0.25) is 0 Å². The summed E-state index contributed by atoms with van der Waals surface area (Å²) in [6.07, 6.45) is 0.310. The average Bonchev–Trinajstić information content (AvgIpc) is 2.01. The third-order valence-electron chi connectivity index (χ3n) is 2.09. The van der Waals surface area contributed by atoms with Crippen LogP contribution < -0.4 is 5.73 Å². The molecule has 0 radical (unpaired) electrons. The van der Waals surface area contributed by atoms with Crippen LogP contribution in [0.1, 0.15) is 23.6 Å². The van der Waals surface area contributed by atoms with Gasteiger partial charge in [0.05, 0.1) is 5.56 Å². The van der Waals surface area contributed by atoms with E-state index >= 15 is 0 Å². The molecule has 4 nitrogen and oxygen atoms in total. The molecule has 0 heterocycles. The van der Waals surface area contributed by atoms with E-state index in [1.165, 1.54) is 12.1 Å². The molecule has 0 aliphatic heterocycles. The third-order valence-corrected chi connectivity index (χ3v) is 2.09. The summed E-state index contributed by atoms with van der Waals surface area (Å²) in [4.78, 5) is 0. The van der Waals surface area contributed by atoms with Crippen LogP contribution in [0.25, 0.3) is 0 Å². The van der Waals surface area contributed by atoms with Gasteiger partial charge in [-0.15, -0.1) is 0 Å². The first kappa shape index (κ1) is 10.8. The summed E-state index contributed by atoms with van der Waals surface area (Å²) in [6, 6.07) is 2.53. The number of aliphatic hydroxyl groups is 1. The quantitative estimate of drug-likeness (QED) is 0.577. The minimum atomic E-state index is -0.541. The molecule has 1 unspecified atom stereocenters. The Morgan fingerprint density at radius 1 is 1.29 bits per heavy atom. The van der Waals surface area contributed by atoms with Gasteiger partial charge in [-0.25, -0.2) is 0 Å². The lowest BCUT2D eigenvalue weighted by Gasteiger charge is -2.14. The molecule has 1 aromatic carbocycles. The number of aromatic hydroxyl groups is 2. The molecular formula is C10H15NO3. The van der Waals surface area contributed by atoms with Gasteiger partial charge in [0.2, 0.25) is 0 Å². The van der Waals surface area contributed by atoms with Crippen molar-refractivity contribution >= 4 is 0 Å². The van der Waals surface area contributed by atoms with Gasteiger partial charge in [0.15, 0.2) is 0 Å². The highest BCUT2D eigenvalue weighted by atomic mass is 16.3. The van der Waals surface area contributed by atoms with E-state index in [2.05, 4.69) is 0 Å². The second-order valence-electron chi connectivity index (χ2n) is 3.34. The van der Waals surface area contributed by atoms with Crippen molar-refractivity contribution in [2.45, 2.75) is 19.4 Å². The number of nitrogens with two attached hydrogens (primary N) is 1. The number of aryl methyl sites for hydroxylation is 1. The van der Waals surface area contributed by atoms with Gasteiger partial charge in [0, 0.05) is 12.6 Å². The topological polar surface area (TPSA) is 86.7 Å². The lowest BCUT2D eigenvalue weighted by molar-refractivity contribution is 0.274. The highest BCUT2D eigenvalue weighted by Crippen LogP contribution is 2.33. The van der Waals surface area contributed by atoms with E-state index in [1.807, 2.05) is 0 Å². The molecule has 0 aliphatic rings. The second-order valence-corrected chi connectivity index (χ2v) is 3.34. The highest BCUT2D eigenvalue weighted by molar-refractivity contribution is 5.47. The Kier molecular flexibility index (Phi) is 3.33. The summed E-state index contributed by atoms with van der Waals surface area (Å²) in [6.45, 7) is 1.69. The minimum absolute atomic E-state index is 0.0246. The maximum Gasteiger partial charge on any atom is 0.124 e. The largest absolute Gasteiger partial charge is 0.507 e. The van der Waals surface area contributed by atoms with Crippen molar-refractivity contribution in [2.75, 3.05) is 6.61 Å². The van der Waals surface area contributed by atoms with E-state index in [0.29, 0.717) is 12.0 Å². The Bertz CT molecular complexity index is 302. The molecule has 1 rings (SSSR count). The first-order chi connectivity index (χ1) is 6.56. The molecule has 4 heteroatoms. The van der Waals surface area contributed by atoms with E-state index in [-0.39, 0.29) is 18.1 Å². The average molecular weight is 197 g/mol. The molecule has 0 amide bonds. The van der Waals surface area contributed by atoms with Crippen molar-refractivity contribution in [3.8, 4) is 11.5 Å². The van der Waals surface area contributed by atoms with Crippen LogP contribution in [0.5, 0.6) is 11.5 Å². The van der Waals surface area contributed by atoms with Gasteiger partial charge in [-0.05, 0) is 31.0 Å². The fraction of sp³-hybridized carbons (Fsp3) is 0.400. The Labute approximate surface area is 82.6 Å². The number of rotatable bonds is 3. The fourth-order valence-corrected chi connectivity index (χ4v) is 1.42. The molecule has 0 spiro atoms. The van der Waals surface area contributed by atoms with Crippen molar-refractivity contribution < 1.29 is 15.3 Å². The Balaban J connectivity index is 3.07. The van der Waals surface area contributed by atoms with Crippen LogP contribution in [-0.4, -0.2) is 21.9 Å². The lowest BCUT2D eigenvalue weighted by atomic mass is 10.0. The number of benzene rings is 1. The Morgan fingerprint density at radius 3 is 2.21 bits per heavy atom. The standard InChI is InChI=1S/C10H15NO3/c1-6-4-8(13)10(9(14)5-6)7(11)2-3-12/h4-5,7,12-14H,2-3,11H2,1H3. The zero-order valence-corrected chi connectivity index (χ0v) is 8.07. The molecule has 0 saturated heterocycles. The maximum absolute atomic E-state index is 9.55. The van der Waals surface area contributed by atoms with Gasteiger partial charge < -0.3 is 21.1 Å². The molecule has 14 heavy (non-hydrogen) atoms. The van der Waals surface area contributed by atoms with Crippen molar-refractivity contribution in [3.05, 3.63) is 23.3 Å². The monoisotopic (exact) mass is 197 g/mol. The smallest absolute Gasteiger partial charge is 0.124 e. The van der Waals surface area contributed by atoms with Gasteiger partial charge >= 0.3 is 0 Å². The first-order valence-corrected chi connectivity index (χ1v) is 4.45. The van der Waals surface area contributed by atoms with Crippen LogP contribution in [-0.2, 0) is 0 Å². The summed E-state index contributed by atoms with van der Waals surface area (Å²) in [5.41, 5.74) is 6.74. The van der Waals surface area contributed by atoms with Crippen LogP contribution in [0.3, 0.4) is 0 Å². The van der Waals surface area contributed by atoms with Crippen molar-refractivity contribution in [1.82, 2.24) is 0 Å². The molecule has 1 atom stereocenters. The van der Waals surface area contributed by atoms with Crippen molar-refractivity contribution in [2.24, 2.45) is 5.73 Å². The lowest BCUT2D eigenvalue weighted by Crippen LogP contribution is -2.12. The van der Waals surface area contributed by atoms with Gasteiger partial charge in [-0.1, -0.05) is 0 Å². The molecule has 5 N–H and O–H groups in total. The number of phenols is 2. The van der Waals surface area contributed by atoms with E-state index in [1.54, 1.807) is 6.92 Å². The molecule has 0 fully saturated rings. The van der Waals surface area contributed by atoms with Crippen molar-refractivity contribution in [3.63, 3.8) is 0 Å². The van der Waals surface area contributed by atoms with Gasteiger partial charge in [-0.2, -0.15) is 0 Å². The Hall–Kier alpha value is -1.26. The van der Waals surface area contributed by atoms with E-state index in [9.17, 15) is 10.2 Å². The zero-order valence-electron chi connectivity index (χ0n) is 8.07.